The summed E-state index contributed by atoms with van der Waals surface area (Å²) in [6, 6.07) is 3.70. The Kier molecular flexibility index (Phi) is 3.50. The fourth-order valence-corrected chi connectivity index (χ4v) is 1.57. The molecule has 0 bridgehead atoms. The lowest BCUT2D eigenvalue weighted by Crippen LogP contribution is -2.44. The van der Waals surface area contributed by atoms with Gasteiger partial charge < -0.3 is 5.32 Å². The number of carbonyl (C=O) groups excluding carboxylic acids is 1. The quantitative estimate of drug-likeness (QED) is 0.833. The molecular weight excluding hydrogens is 250 g/mol. The fraction of sp³-hybridized carbons (Fsp3) is 0.444. The molecule has 0 saturated carbocycles. The molecule has 0 atom stereocenters. The van der Waals surface area contributed by atoms with Crippen molar-refractivity contribution in [1.82, 2.24) is 5.32 Å². The third-order valence-electron chi connectivity index (χ3n) is 1.53. The molecular formula is C9H12BrNOS. The van der Waals surface area contributed by atoms with E-state index in [4.69, 9.17) is 0 Å². The maximum absolute atomic E-state index is 11.6. The van der Waals surface area contributed by atoms with Gasteiger partial charge in [-0.05, 0) is 25.3 Å². The maximum atomic E-state index is 11.6. The van der Waals surface area contributed by atoms with E-state index in [0.29, 0.717) is 0 Å². The van der Waals surface area contributed by atoms with E-state index in [9.17, 15) is 4.79 Å². The molecule has 0 aliphatic carbocycles. The van der Waals surface area contributed by atoms with Crippen LogP contribution >= 0.6 is 27.3 Å². The van der Waals surface area contributed by atoms with Crippen molar-refractivity contribution in [3.63, 3.8) is 0 Å². The number of nitrogens with one attached hydrogen (secondary N) is 1. The lowest BCUT2D eigenvalue weighted by molar-refractivity contribution is 0.0925. The molecule has 0 unspecified atom stereocenters. The van der Waals surface area contributed by atoms with Crippen LogP contribution in [0.4, 0.5) is 0 Å². The van der Waals surface area contributed by atoms with Gasteiger partial charge in [-0.1, -0.05) is 22.0 Å². The molecule has 0 spiro atoms. The molecule has 0 aliphatic rings. The average Bonchev–Trinajstić information content (AvgIpc) is 2.55. The van der Waals surface area contributed by atoms with Gasteiger partial charge in [-0.3, -0.25) is 4.79 Å². The van der Waals surface area contributed by atoms with Crippen molar-refractivity contribution in [3.05, 3.63) is 22.4 Å². The highest BCUT2D eigenvalue weighted by atomic mass is 79.9. The Labute approximate surface area is 90.5 Å². The van der Waals surface area contributed by atoms with E-state index in [0.717, 1.165) is 10.2 Å². The van der Waals surface area contributed by atoms with Gasteiger partial charge in [0.05, 0.1) is 4.88 Å². The zero-order chi connectivity index (χ0) is 9.90. The molecule has 1 aromatic heterocycles. The van der Waals surface area contributed by atoms with Gasteiger partial charge in [0.2, 0.25) is 0 Å². The summed E-state index contributed by atoms with van der Waals surface area (Å²) >= 11 is 4.81. The van der Waals surface area contributed by atoms with Crippen LogP contribution in [0.3, 0.4) is 0 Å². The first-order valence-corrected chi connectivity index (χ1v) is 5.97. The third kappa shape index (κ3) is 3.12. The second kappa shape index (κ2) is 4.24. The Morgan fingerprint density at radius 1 is 1.69 bits per heavy atom. The minimum Gasteiger partial charge on any atom is -0.346 e. The van der Waals surface area contributed by atoms with Gasteiger partial charge in [0.15, 0.2) is 0 Å². The first-order valence-electron chi connectivity index (χ1n) is 3.97. The van der Waals surface area contributed by atoms with Crippen molar-refractivity contribution in [1.29, 1.82) is 0 Å². The number of rotatable bonds is 3. The standard InChI is InChI=1S/C9H12BrNOS/c1-9(2,6-10)11-8(12)7-4-3-5-13-7/h3-5H,6H2,1-2H3,(H,11,12). The number of hydrogen-bond acceptors (Lipinski definition) is 2. The average molecular weight is 262 g/mol. The molecule has 4 heteroatoms. The van der Waals surface area contributed by atoms with Crippen molar-refractivity contribution >= 4 is 33.2 Å². The SMILES string of the molecule is CC(C)(CBr)NC(=O)c1cccs1. The molecule has 13 heavy (non-hydrogen) atoms. The summed E-state index contributed by atoms with van der Waals surface area (Å²) in [7, 11) is 0. The largest absolute Gasteiger partial charge is 0.346 e. The molecule has 0 radical (unpaired) electrons. The van der Waals surface area contributed by atoms with Gasteiger partial charge in [-0.25, -0.2) is 0 Å². The van der Waals surface area contributed by atoms with Crippen molar-refractivity contribution in [2.24, 2.45) is 0 Å². The van der Waals surface area contributed by atoms with Crippen LogP contribution in [0.15, 0.2) is 17.5 Å². The predicted molar refractivity (Wildman–Crippen MR) is 59.7 cm³/mol. The van der Waals surface area contributed by atoms with E-state index in [2.05, 4.69) is 21.2 Å². The van der Waals surface area contributed by atoms with E-state index in [-0.39, 0.29) is 11.4 Å². The maximum Gasteiger partial charge on any atom is 0.261 e. The number of carbonyl (C=O) groups is 1. The molecule has 72 valence electrons. The molecule has 0 saturated heterocycles. The molecule has 1 amide bonds. The van der Waals surface area contributed by atoms with Gasteiger partial charge in [0, 0.05) is 10.9 Å². The van der Waals surface area contributed by atoms with E-state index in [1.54, 1.807) is 0 Å². The molecule has 2 nitrogen and oxygen atoms in total. The van der Waals surface area contributed by atoms with Crippen LogP contribution in [0, 0.1) is 0 Å². The second-order valence-electron chi connectivity index (χ2n) is 3.45. The molecule has 1 N–H and O–H groups in total. The topological polar surface area (TPSA) is 29.1 Å². The fourth-order valence-electron chi connectivity index (χ4n) is 0.810. The summed E-state index contributed by atoms with van der Waals surface area (Å²) in [6.07, 6.45) is 0. The summed E-state index contributed by atoms with van der Waals surface area (Å²) in [5.74, 6) is -0.000509. The van der Waals surface area contributed by atoms with Gasteiger partial charge >= 0.3 is 0 Å². The highest BCUT2D eigenvalue weighted by Gasteiger charge is 2.19. The minimum absolute atomic E-state index is 0.000509. The molecule has 1 heterocycles. The van der Waals surface area contributed by atoms with E-state index in [1.807, 2.05) is 31.4 Å². The van der Waals surface area contributed by atoms with E-state index < -0.39 is 0 Å². The lowest BCUT2D eigenvalue weighted by Gasteiger charge is -2.22. The van der Waals surface area contributed by atoms with Gasteiger partial charge in [0.25, 0.3) is 5.91 Å². The molecule has 1 rings (SSSR count). The van der Waals surface area contributed by atoms with Crippen molar-refractivity contribution in [2.45, 2.75) is 19.4 Å². The van der Waals surface area contributed by atoms with Crippen LogP contribution in [-0.4, -0.2) is 16.8 Å². The summed E-state index contributed by atoms with van der Waals surface area (Å²) in [5.41, 5.74) is -0.193. The number of alkyl halides is 1. The van der Waals surface area contributed by atoms with Crippen LogP contribution < -0.4 is 5.32 Å². The van der Waals surface area contributed by atoms with Crippen LogP contribution in [0.2, 0.25) is 0 Å². The van der Waals surface area contributed by atoms with Gasteiger partial charge in [-0.2, -0.15) is 0 Å². The number of amides is 1. The number of halogens is 1. The second-order valence-corrected chi connectivity index (χ2v) is 4.96. The van der Waals surface area contributed by atoms with Crippen LogP contribution in [0.1, 0.15) is 23.5 Å². The third-order valence-corrected chi connectivity index (χ3v) is 3.80. The minimum atomic E-state index is -0.193. The Balaban J connectivity index is 2.61. The Morgan fingerprint density at radius 2 is 2.38 bits per heavy atom. The number of thiophene rings is 1. The van der Waals surface area contributed by atoms with Crippen molar-refractivity contribution in [3.8, 4) is 0 Å². The molecule has 0 fully saturated rings. The summed E-state index contributed by atoms with van der Waals surface area (Å²) in [6.45, 7) is 3.96. The highest BCUT2D eigenvalue weighted by molar-refractivity contribution is 9.09. The summed E-state index contributed by atoms with van der Waals surface area (Å²) in [5, 5.41) is 5.58. The Bertz CT molecular complexity index is 282. The highest BCUT2D eigenvalue weighted by Crippen LogP contribution is 2.12. The van der Waals surface area contributed by atoms with Gasteiger partial charge in [0.1, 0.15) is 0 Å². The summed E-state index contributed by atoms with van der Waals surface area (Å²) < 4.78 is 0. The Morgan fingerprint density at radius 3 is 2.85 bits per heavy atom. The van der Waals surface area contributed by atoms with Gasteiger partial charge in [-0.15, -0.1) is 11.3 Å². The van der Waals surface area contributed by atoms with Crippen LogP contribution in [0.25, 0.3) is 0 Å². The Hall–Kier alpha value is -0.350. The first kappa shape index (κ1) is 10.7. The van der Waals surface area contributed by atoms with E-state index >= 15 is 0 Å². The smallest absolute Gasteiger partial charge is 0.261 e. The van der Waals surface area contributed by atoms with Crippen LogP contribution in [0.5, 0.6) is 0 Å². The molecule has 0 aromatic carbocycles. The first-order chi connectivity index (χ1) is 6.05. The number of hydrogen-bond donors (Lipinski definition) is 1. The zero-order valence-corrected chi connectivity index (χ0v) is 10.0. The van der Waals surface area contributed by atoms with E-state index in [1.165, 1.54) is 11.3 Å². The monoisotopic (exact) mass is 261 g/mol. The normalized spacial score (nSPS) is 11.3. The zero-order valence-electron chi connectivity index (χ0n) is 7.63. The summed E-state index contributed by atoms with van der Waals surface area (Å²) in [4.78, 5) is 12.3. The molecule has 0 aliphatic heterocycles. The van der Waals surface area contributed by atoms with Crippen molar-refractivity contribution < 1.29 is 4.79 Å². The van der Waals surface area contributed by atoms with Crippen molar-refractivity contribution in [2.75, 3.05) is 5.33 Å². The molecule has 1 aromatic rings. The predicted octanol–water partition coefficient (Wildman–Crippen LogP) is 2.65. The van der Waals surface area contributed by atoms with Crippen LogP contribution in [-0.2, 0) is 0 Å². The lowest BCUT2D eigenvalue weighted by atomic mass is 10.1.